The van der Waals surface area contributed by atoms with Crippen LogP contribution in [0.5, 0.6) is 17.2 Å². The molecule has 8 heteroatoms. The van der Waals surface area contributed by atoms with Crippen LogP contribution in [0.4, 0.5) is 5.69 Å². The van der Waals surface area contributed by atoms with Gasteiger partial charge < -0.3 is 19.0 Å². The quantitative estimate of drug-likeness (QED) is 0.225. The molecule has 2 unspecified atom stereocenters. The molecule has 0 aliphatic rings. The molecule has 2 aromatic rings. The topological polar surface area (TPSA) is 91.1 Å². The highest BCUT2D eigenvalue weighted by molar-refractivity contribution is 5.71. The minimum atomic E-state index is -0.734. The molecule has 0 saturated heterocycles. The van der Waals surface area contributed by atoms with E-state index in [-0.39, 0.29) is 22.6 Å². The van der Waals surface area contributed by atoms with E-state index in [4.69, 9.17) is 14.2 Å². The average Bonchev–Trinajstić information content (AvgIpc) is 2.84. The maximum absolute atomic E-state index is 12.6. The Morgan fingerprint density at radius 1 is 1.06 bits per heavy atom. The average molecular weight is 473 g/mol. The van der Waals surface area contributed by atoms with Crippen LogP contribution >= 0.6 is 0 Å². The number of hydrogen-bond donors (Lipinski definition) is 0. The first-order valence-corrected chi connectivity index (χ1v) is 11.4. The number of nitrogens with zero attached hydrogens (tertiary/aromatic N) is 2. The van der Waals surface area contributed by atoms with Crippen molar-refractivity contribution in [2.24, 2.45) is 5.92 Å². The van der Waals surface area contributed by atoms with Gasteiger partial charge in [0.05, 0.1) is 31.7 Å². The molecule has 0 aliphatic heterocycles. The normalized spacial score (nSPS) is 13.9. The van der Waals surface area contributed by atoms with Crippen LogP contribution in [0, 0.1) is 16.0 Å². The van der Waals surface area contributed by atoms with Crippen LogP contribution in [-0.4, -0.2) is 51.0 Å². The molecule has 0 amide bonds. The molecule has 2 rings (SSSR count). The zero-order chi connectivity index (χ0) is 25.5. The number of rotatable bonds is 13. The Morgan fingerprint density at radius 2 is 1.68 bits per heavy atom. The summed E-state index contributed by atoms with van der Waals surface area (Å²) in [7, 11) is 6.65. The zero-order valence-corrected chi connectivity index (χ0v) is 21.2. The third kappa shape index (κ3) is 5.67. The van der Waals surface area contributed by atoms with Gasteiger partial charge in [-0.05, 0) is 62.5 Å². The van der Waals surface area contributed by atoms with Crippen molar-refractivity contribution in [3.05, 3.63) is 57.6 Å². The number of aldehydes is 1. The molecular formula is C26H36N2O6. The van der Waals surface area contributed by atoms with Gasteiger partial charge in [-0.25, -0.2) is 0 Å². The number of ether oxygens (including phenoxy) is 3. The minimum absolute atomic E-state index is 0.00856. The van der Waals surface area contributed by atoms with Crippen LogP contribution in [0.2, 0.25) is 0 Å². The fraction of sp³-hybridized carbons (Fsp3) is 0.500. The monoisotopic (exact) mass is 472 g/mol. The van der Waals surface area contributed by atoms with Crippen LogP contribution in [0.3, 0.4) is 0 Å². The molecule has 34 heavy (non-hydrogen) atoms. The standard InChI is InChI=1S/C26H36N2O6/c1-18(2)26(17-29,21-15-23(32-5)25(34-7)24(16-21)33-6)12-9-13-27(4)19(3)20-10-8-11-22(14-20)28(30)31/h8,10-11,14-19H,9,12-13H2,1-7H3. The van der Waals surface area contributed by atoms with Crippen molar-refractivity contribution in [3.8, 4) is 17.2 Å². The second kappa shape index (κ2) is 11.8. The SMILES string of the molecule is COc1cc(C(C=O)(CCCN(C)C(C)c2cccc([N+](=O)[O-])c2)C(C)C)cc(OC)c1OC. The van der Waals surface area contributed by atoms with E-state index in [1.54, 1.807) is 33.5 Å². The van der Waals surface area contributed by atoms with E-state index in [1.165, 1.54) is 6.07 Å². The van der Waals surface area contributed by atoms with E-state index in [9.17, 15) is 14.9 Å². The molecule has 0 fully saturated rings. The molecule has 0 bridgehead atoms. The molecule has 0 saturated carbocycles. The van der Waals surface area contributed by atoms with Crippen LogP contribution in [0.1, 0.15) is 50.8 Å². The summed E-state index contributed by atoms with van der Waals surface area (Å²) in [6, 6.07) is 10.4. The molecule has 8 nitrogen and oxygen atoms in total. The number of methoxy groups -OCH3 is 3. The fourth-order valence-corrected chi connectivity index (χ4v) is 4.35. The highest BCUT2D eigenvalue weighted by Crippen LogP contribution is 2.44. The Kier molecular flexibility index (Phi) is 9.44. The summed E-state index contributed by atoms with van der Waals surface area (Å²) < 4.78 is 16.5. The van der Waals surface area contributed by atoms with Crippen molar-refractivity contribution in [2.75, 3.05) is 34.9 Å². The lowest BCUT2D eigenvalue weighted by Gasteiger charge is -2.35. The summed E-state index contributed by atoms with van der Waals surface area (Å²) in [5.41, 5.74) is 1.05. The van der Waals surface area contributed by atoms with Gasteiger partial charge in [-0.15, -0.1) is 0 Å². The van der Waals surface area contributed by atoms with E-state index in [0.29, 0.717) is 23.7 Å². The number of carbonyl (C=O) groups is 1. The van der Waals surface area contributed by atoms with Crippen molar-refractivity contribution < 1.29 is 23.9 Å². The Hall–Kier alpha value is -3.13. The third-order valence-electron chi connectivity index (χ3n) is 6.77. The number of carbonyl (C=O) groups excluding carboxylic acids is 1. The van der Waals surface area contributed by atoms with Gasteiger partial charge in [0, 0.05) is 18.2 Å². The molecule has 0 radical (unpaired) electrons. The summed E-state index contributed by atoms with van der Waals surface area (Å²) in [6.07, 6.45) is 2.41. The number of benzene rings is 2. The minimum Gasteiger partial charge on any atom is -0.493 e. The Morgan fingerprint density at radius 3 is 2.15 bits per heavy atom. The second-order valence-electron chi connectivity index (χ2n) is 8.84. The summed E-state index contributed by atoms with van der Waals surface area (Å²) >= 11 is 0. The predicted octanol–water partition coefficient (Wildman–Crippen LogP) is 5.19. The van der Waals surface area contributed by atoms with Crippen molar-refractivity contribution in [2.45, 2.75) is 45.1 Å². The molecule has 0 aromatic heterocycles. The van der Waals surface area contributed by atoms with Crippen LogP contribution in [-0.2, 0) is 10.2 Å². The van der Waals surface area contributed by atoms with Gasteiger partial charge in [-0.1, -0.05) is 26.0 Å². The predicted molar refractivity (Wildman–Crippen MR) is 132 cm³/mol. The van der Waals surface area contributed by atoms with E-state index in [2.05, 4.69) is 4.90 Å². The first-order valence-electron chi connectivity index (χ1n) is 11.4. The van der Waals surface area contributed by atoms with Crippen molar-refractivity contribution >= 4 is 12.0 Å². The van der Waals surface area contributed by atoms with Crippen molar-refractivity contribution in [3.63, 3.8) is 0 Å². The lowest BCUT2D eigenvalue weighted by atomic mass is 9.69. The molecule has 186 valence electrons. The van der Waals surface area contributed by atoms with Gasteiger partial charge in [0.1, 0.15) is 6.29 Å². The number of nitro groups is 1. The number of nitro benzene ring substituents is 1. The summed E-state index contributed by atoms with van der Waals surface area (Å²) in [6.45, 7) is 6.81. The van der Waals surface area contributed by atoms with Crippen LogP contribution < -0.4 is 14.2 Å². The van der Waals surface area contributed by atoms with Gasteiger partial charge in [-0.2, -0.15) is 0 Å². The van der Waals surface area contributed by atoms with Gasteiger partial charge in [0.25, 0.3) is 5.69 Å². The largest absolute Gasteiger partial charge is 0.493 e. The Balaban J connectivity index is 2.26. The highest BCUT2D eigenvalue weighted by Gasteiger charge is 2.37. The third-order valence-corrected chi connectivity index (χ3v) is 6.77. The number of non-ortho nitro benzene ring substituents is 1. The van der Waals surface area contributed by atoms with E-state index in [0.717, 1.165) is 30.4 Å². The summed E-state index contributed by atoms with van der Waals surface area (Å²) in [5.74, 6) is 1.55. The van der Waals surface area contributed by atoms with E-state index < -0.39 is 5.41 Å². The molecule has 0 N–H and O–H groups in total. The summed E-state index contributed by atoms with van der Waals surface area (Å²) in [4.78, 5) is 25.5. The second-order valence-corrected chi connectivity index (χ2v) is 8.84. The van der Waals surface area contributed by atoms with Gasteiger partial charge in [-0.3, -0.25) is 15.0 Å². The maximum Gasteiger partial charge on any atom is 0.269 e. The molecule has 2 aromatic carbocycles. The smallest absolute Gasteiger partial charge is 0.269 e. The molecule has 0 aliphatic carbocycles. The first kappa shape index (κ1) is 27.1. The molecular weight excluding hydrogens is 436 g/mol. The Labute approximate surface area is 202 Å². The number of hydrogen-bond acceptors (Lipinski definition) is 7. The van der Waals surface area contributed by atoms with Gasteiger partial charge in [0.15, 0.2) is 11.5 Å². The molecule has 0 heterocycles. The van der Waals surface area contributed by atoms with Crippen LogP contribution in [0.15, 0.2) is 36.4 Å². The van der Waals surface area contributed by atoms with Crippen molar-refractivity contribution in [1.82, 2.24) is 4.90 Å². The van der Waals surface area contributed by atoms with E-state index in [1.807, 2.05) is 46.0 Å². The van der Waals surface area contributed by atoms with Gasteiger partial charge >= 0.3 is 0 Å². The van der Waals surface area contributed by atoms with Gasteiger partial charge in [0.2, 0.25) is 5.75 Å². The zero-order valence-electron chi connectivity index (χ0n) is 21.2. The highest BCUT2D eigenvalue weighted by atomic mass is 16.6. The van der Waals surface area contributed by atoms with Crippen LogP contribution in [0.25, 0.3) is 0 Å². The maximum atomic E-state index is 12.6. The van der Waals surface area contributed by atoms with E-state index >= 15 is 0 Å². The lowest BCUT2D eigenvalue weighted by molar-refractivity contribution is -0.384. The fourth-order valence-electron chi connectivity index (χ4n) is 4.35. The lowest BCUT2D eigenvalue weighted by Crippen LogP contribution is -2.35. The molecule has 2 atom stereocenters. The molecule has 0 spiro atoms. The first-order chi connectivity index (χ1) is 16.1. The Bertz CT molecular complexity index is 968. The summed E-state index contributed by atoms with van der Waals surface area (Å²) in [5, 5.41) is 11.1. The van der Waals surface area contributed by atoms with Crippen molar-refractivity contribution in [1.29, 1.82) is 0 Å².